The van der Waals surface area contributed by atoms with Crippen LogP contribution >= 0.6 is 0 Å². The Kier molecular flexibility index (Phi) is 2.59. The van der Waals surface area contributed by atoms with Gasteiger partial charge in [0.1, 0.15) is 5.82 Å². The van der Waals surface area contributed by atoms with Crippen molar-refractivity contribution in [3.8, 4) is 0 Å². The first-order valence-corrected chi connectivity index (χ1v) is 4.59. The molecule has 0 unspecified atom stereocenters. The lowest BCUT2D eigenvalue weighted by Crippen LogP contribution is -2.08. The highest BCUT2D eigenvalue weighted by Gasteiger charge is 2.16. The average molecular weight is 221 g/mol. The summed E-state index contributed by atoms with van der Waals surface area (Å²) in [7, 11) is 1.29. The van der Waals surface area contributed by atoms with Gasteiger partial charge < -0.3 is 15.0 Å². The molecular formula is C9H11N5O2. The van der Waals surface area contributed by atoms with Crippen molar-refractivity contribution >= 4 is 11.8 Å². The number of nitrogens with zero attached hydrogens (tertiary/aromatic N) is 3. The number of rotatable bonds is 3. The summed E-state index contributed by atoms with van der Waals surface area (Å²) in [6, 6.07) is 0. The van der Waals surface area contributed by atoms with Gasteiger partial charge in [-0.3, -0.25) is 5.10 Å². The molecule has 0 aliphatic rings. The van der Waals surface area contributed by atoms with E-state index < -0.39 is 5.97 Å². The highest BCUT2D eigenvalue weighted by atomic mass is 16.5. The maximum Gasteiger partial charge on any atom is 0.360 e. The maximum atomic E-state index is 11.3. The van der Waals surface area contributed by atoms with Crippen LogP contribution in [0.2, 0.25) is 0 Å². The van der Waals surface area contributed by atoms with E-state index in [1.165, 1.54) is 13.4 Å². The first kappa shape index (κ1) is 10.2. The SMILES string of the molecule is COC(=O)c1ncn(Cc2cn[nH]c2)c1N. The molecule has 7 nitrogen and oxygen atoms in total. The van der Waals surface area contributed by atoms with Gasteiger partial charge in [-0.2, -0.15) is 5.10 Å². The quantitative estimate of drug-likeness (QED) is 0.712. The van der Waals surface area contributed by atoms with Gasteiger partial charge in [0, 0.05) is 11.8 Å². The third kappa shape index (κ3) is 1.74. The minimum Gasteiger partial charge on any atom is -0.464 e. The molecule has 0 fully saturated rings. The molecule has 0 aliphatic heterocycles. The van der Waals surface area contributed by atoms with E-state index in [1.54, 1.807) is 17.0 Å². The van der Waals surface area contributed by atoms with Gasteiger partial charge in [0.05, 0.1) is 26.2 Å². The zero-order valence-corrected chi connectivity index (χ0v) is 8.67. The number of aromatic nitrogens is 4. The highest BCUT2D eigenvalue weighted by Crippen LogP contribution is 2.12. The van der Waals surface area contributed by atoms with E-state index >= 15 is 0 Å². The molecule has 7 heteroatoms. The number of ether oxygens (including phenoxy) is 1. The van der Waals surface area contributed by atoms with Crippen molar-refractivity contribution in [3.05, 3.63) is 30.0 Å². The van der Waals surface area contributed by atoms with Crippen molar-refractivity contribution in [1.82, 2.24) is 19.7 Å². The molecule has 0 spiro atoms. The fraction of sp³-hybridized carbons (Fsp3) is 0.222. The fourth-order valence-electron chi connectivity index (χ4n) is 1.33. The molecule has 2 aromatic heterocycles. The Morgan fingerprint density at radius 2 is 2.50 bits per heavy atom. The van der Waals surface area contributed by atoms with Gasteiger partial charge in [-0.15, -0.1) is 0 Å². The smallest absolute Gasteiger partial charge is 0.360 e. The van der Waals surface area contributed by atoms with E-state index in [1.807, 2.05) is 0 Å². The van der Waals surface area contributed by atoms with E-state index in [9.17, 15) is 4.79 Å². The molecular weight excluding hydrogens is 210 g/mol. The predicted molar refractivity (Wildman–Crippen MR) is 55.7 cm³/mol. The summed E-state index contributed by atoms with van der Waals surface area (Å²) >= 11 is 0. The van der Waals surface area contributed by atoms with Gasteiger partial charge in [0.15, 0.2) is 5.69 Å². The van der Waals surface area contributed by atoms with Crippen LogP contribution in [-0.2, 0) is 11.3 Å². The number of hydrogen-bond donors (Lipinski definition) is 2. The topological polar surface area (TPSA) is 98.8 Å². The van der Waals surface area contributed by atoms with E-state index in [4.69, 9.17) is 5.73 Å². The zero-order chi connectivity index (χ0) is 11.5. The Morgan fingerprint density at radius 3 is 3.12 bits per heavy atom. The summed E-state index contributed by atoms with van der Waals surface area (Å²) in [6.07, 6.45) is 4.92. The molecule has 2 rings (SSSR count). The van der Waals surface area contributed by atoms with Gasteiger partial charge in [-0.25, -0.2) is 9.78 Å². The largest absolute Gasteiger partial charge is 0.464 e. The van der Waals surface area contributed by atoms with Crippen LogP contribution < -0.4 is 5.73 Å². The van der Waals surface area contributed by atoms with Gasteiger partial charge in [-0.1, -0.05) is 0 Å². The molecule has 84 valence electrons. The first-order chi connectivity index (χ1) is 7.72. The maximum absolute atomic E-state index is 11.3. The Hall–Kier alpha value is -2.31. The molecule has 2 heterocycles. The number of carbonyl (C=O) groups is 1. The van der Waals surface area contributed by atoms with Crippen LogP contribution in [0.5, 0.6) is 0 Å². The van der Waals surface area contributed by atoms with E-state index in [0.29, 0.717) is 6.54 Å². The number of carbonyl (C=O) groups excluding carboxylic acids is 1. The molecule has 3 N–H and O–H groups in total. The lowest BCUT2D eigenvalue weighted by atomic mass is 10.3. The second kappa shape index (κ2) is 4.05. The number of nitrogen functional groups attached to an aromatic ring is 1. The molecule has 0 aromatic carbocycles. The summed E-state index contributed by atoms with van der Waals surface area (Å²) in [5.74, 6) is -0.253. The van der Waals surface area contributed by atoms with Crippen molar-refractivity contribution in [2.24, 2.45) is 0 Å². The van der Waals surface area contributed by atoms with E-state index in [2.05, 4.69) is 19.9 Å². The third-order valence-electron chi connectivity index (χ3n) is 2.16. The second-order valence-electron chi connectivity index (χ2n) is 3.20. The van der Waals surface area contributed by atoms with Crippen molar-refractivity contribution in [2.45, 2.75) is 6.54 Å². The number of nitrogens with one attached hydrogen (secondary N) is 1. The molecule has 0 saturated heterocycles. The average Bonchev–Trinajstić information content (AvgIpc) is 2.90. The Labute approximate surface area is 91.2 Å². The van der Waals surface area contributed by atoms with E-state index in [-0.39, 0.29) is 11.5 Å². The first-order valence-electron chi connectivity index (χ1n) is 4.59. The number of imidazole rings is 1. The molecule has 2 aromatic rings. The van der Waals surface area contributed by atoms with Crippen LogP contribution in [0.25, 0.3) is 0 Å². The molecule has 0 amide bonds. The minimum absolute atomic E-state index is 0.131. The summed E-state index contributed by atoms with van der Waals surface area (Å²) in [5.41, 5.74) is 6.84. The zero-order valence-electron chi connectivity index (χ0n) is 8.67. The summed E-state index contributed by atoms with van der Waals surface area (Å²) in [6.45, 7) is 0.506. The number of aromatic amines is 1. The number of methoxy groups -OCH3 is 1. The lowest BCUT2D eigenvalue weighted by Gasteiger charge is -2.02. The minimum atomic E-state index is -0.538. The van der Waals surface area contributed by atoms with Crippen molar-refractivity contribution < 1.29 is 9.53 Å². The van der Waals surface area contributed by atoms with Crippen molar-refractivity contribution in [3.63, 3.8) is 0 Å². The molecule has 0 saturated carbocycles. The summed E-state index contributed by atoms with van der Waals surface area (Å²) in [5, 5.41) is 6.51. The van der Waals surface area contributed by atoms with Crippen LogP contribution in [0.1, 0.15) is 16.1 Å². The Bertz CT molecular complexity index is 488. The molecule has 0 atom stereocenters. The van der Waals surface area contributed by atoms with Gasteiger partial charge in [-0.05, 0) is 0 Å². The highest BCUT2D eigenvalue weighted by molar-refractivity contribution is 5.92. The van der Waals surface area contributed by atoms with E-state index in [0.717, 1.165) is 5.56 Å². The van der Waals surface area contributed by atoms with Crippen molar-refractivity contribution in [1.29, 1.82) is 0 Å². The summed E-state index contributed by atoms with van der Waals surface area (Å²) in [4.78, 5) is 15.2. The molecule has 0 radical (unpaired) electrons. The predicted octanol–water partition coefficient (Wildman–Crippen LogP) is 0.0233. The molecule has 0 aliphatic carbocycles. The fourth-order valence-corrected chi connectivity index (χ4v) is 1.33. The van der Waals surface area contributed by atoms with Crippen LogP contribution in [0.15, 0.2) is 18.7 Å². The third-order valence-corrected chi connectivity index (χ3v) is 2.16. The van der Waals surface area contributed by atoms with Gasteiger partial charge in [0.25, 0.3) is 0 Å². The normalized spacial score (nSPS) is 10.3. The molecule has 16 heavy (non-hydrogen) atoms. The lowest BCUT2D eigenvalue weighted by molar-refractivity contribution is 0.0596. The number of nitrogens with two attached hydrogens (primary N) is 1. The van der Waals surface area contributed by atoms with Crippen LogP contribution in [-0.4, -0.2) is 32.8 Å². The number of H-pyrrole nitrogens is 1. The van der Waals surface area contributed by atoms with Gasteiger partial charge >= 0.3 is 5.97 Å². The monoisotopic (exact) mass is 221 g/mol. The Morgan fingerprint density at radius 1 is 1.69 bits per heavy atom. The van der Waals surface area contributed by atoms with Crippen LogP contribution in [0.4, 0.5) is 5.82 Å². The molecule has 0 bridgehead atoms. The number of esters is 1. The standard InChI is InChI=1S/C9H11N5O2/c1-16-9(15)7-8(10)14(5-11-7)4-6-2-12-13-3-6/h2-3,5H,4,10H2,1H3,(H,12,13). The van der Waals surface area contributed by atoms with Gasteiger partial charge in [0.2, 0.25) is 0 Å². The number of hydrogen-bond acceptors (Lipinski definition) is 5. The van der Waals surface area contributed by atoms with Crippen LogP contribution in [0.3, 0.4) is 0 Å². The van der Waals surface area contributed by atoms with Crippen molar-refractivity contribution in [2.75, 3.05) is 12.8 Å². The Balaban J connectivity index is 2.23. The van der Waals surface area contributed by atoms with Crippen LogP contribution in [0, 0.1) is 0 Å². The second-order valence-corrected chi connectivity index (χ2v) is 3.20. The number of anilines is 1. The summed E-state index contributed by atoms with van der Waals surface area (Å²) < 4.78 is 6.20.